The molecule has 0 amide bonds. The molecule has 3 nitrogen and oxygen atoms in total. The van der Waals surface area contributed by atoms with Gasteiger partial charge in [0.05, 0.1) is 15.5 Å². The fourth-order valence-electron chi connectivity index (χ4n) is 2.56. The van der Waals surface area contributed by atoms with Crippen molar-refractivity contribution in [3.05, 3.63) is 37.7 Å². The van der Waals surface area contributed by atoms with E-state index in [0.717, 1.165) is 22.2 Å². The molecule has 0 fully saturated rings. The van der Waals surface area contributed by atoms with E-state index >= 15 is 0 Å². The highest BCUT2D eigenvalue weighted by atomic mass is 79.9. The number of hydrogen-bond donors (Lipinski definition) is 0. The average molecular weight is 339 g/mol. The summed E-state index contributed by atoms with van der Waals surface area (Å²) in [6.07, 6.45) is 7.71. The highest BCUT2D eigenvalue weighted by molar-refractivity contribution is 9.10. The van der Waals surface area contributed by atoms with Crippen molar-refractivity contribution in [2.75, 3.05) is 0 Å². The molecule has 1 aliphatic rings. The van der Waals surface area contributed by atoms with Crippen molar-refractivity contribution in [1.82, 2.24) is 9.78 Å². The monoisotopic (exact) mass is 338 g/mol. The number of thiophene rings is 1. The Bertz CT molecular complexity index is 586. The Morgan fingerprint density at radius 3 is 2.89 bits per heavy atom. The molecule has 0 spiro atoms. The van der Waals surface area contributed by atoms with E-state index in [9.17, 15) is 4.79 Å². The molecule has 2 aromatic rings. The van der Waals surface area contributed by atoms with E-state index in [-0.39, 0.29) is 5.78 Å². The summed E-state index contributed by atoms with van der Waals surface area (Å²) in [5, 5.41) is 4.11. The molecule has 0 saturated heterocycles. The van der Waals surface area contributed by atoms with E-state index in [2.05, 4.69) is 27.1 Å². The SMILES string of the molecule is Cn1ncc(Br)c1C(=O)c1cc2c(s1)CCCCC2. The van der Waals surface area contributed by atoms with Gasteiger partial charge < -0.3 is 0 Å². The van der Waals surface area contributed by atoms with Crippen molar-refractivity contribution in [2.45, 2.75) is 32.1 Å². The van der Waals surface area contributed by atoms with Gasteiger partial charge in [-0.2, -0.15) is 5.10 Å². The molecule has 0 atom stereocenters. The predicted molar refractivity (Wildman–Crippen MR) is 79.9 cm³/mol. The number of carbonyl (C=O) groups excluding carboxylic acids is 1. The fraction of sp³-hybridized carbons (Fsp3) is 0.429. The van der Waals surface area contributed by atoms with Crippen LogP contribution in [0.2, 0.25) is 0 Å². The summed E-state index contributed by atoms with van der Waals surface area (Å²) in [7, 11) is 1.80. The largest absolute Gasteiger partial charge is 0.286 e. The topological polar surface area (TPSA) is 34.9 Å². The highest BCUT2D eigenvalue weighted by Gasteiger charge is 2.21. The number of nitrogens with zero attached hydrogens (tertiary/aromatic N) is 2. The van der Waals surface area contributed by atoms with Gasteiger partial charge in [0.2, 0.25) is 5.78 Å². The van der Waals surface area contributed by atoms with Gasteiger partial charge >= 0.3 is 0 Å². The van der Waals surface area contributed by atoms with E-state index in [1.807, 2.05) is 0 Å². The number of fused-ring (bicyclic) bond motifs is 1. The maximum Gasteiger partial charge on any atom is 0.222 e. The van der Waals surface area contributed by atoms with Gasteiger partial charge in [-0.15, -0.1) is 11.3 Å². The second-order valence-electron chi connectivity index (χ2n) is 4.91. The van der Waals surface area contributed by atoms with Crippen LogP contribution < -0.4 is 0 Å². The molecule has 5 heteroatoms. The summed E-state index contributed by atoms with van der Waals surface area (Å²) in [6, 6.07) is 2.09. The smallest absolute Gasteiger partial charge is 0.222 e. The standard InChI is InChI=1S/C14H15BrN2OS/c1-17-13(10(15)8-16-17)14(18)12-7-9-5-3-2-4-6-11(9)19-12/h7-8H,2-6H2,1H3. The van der Waals surface area contributed by atoms with Gasteiger partial charge in [-0.3, -0.25) is 9.48 Å². The minimum absolute atomic E-state index is 0.0740. The minimum Gasteiger partial charge on any atom is -0.286 e. The lowest BCUT2D eigenvalue weighted by molar-refractivity contribution is 0.103. The van der Waals surface area contributed by atoms with Crippen LogP contribution in [0.15, 0.2) is 16.7 Å². The van der Waals surface area contributed by atoms with Gasteiger partial charge in [-0.05, 0) is 53.2 Å². The third-order valence-corrected chi connectivity index (χ3v) is 5.40. The third kappa shape index (κ3) is 2.41. The first-order valence-electron chi connectivity index (χ1n) is 6.50. The number of rotatable bonds is 2. The molecule has 0 aliphatic heterocycles. The first-order chi connectivity index (χ1) is 9.16. The van der Waals surface area contributed by atoms with Gasteiger partial charge in [0, 0.05) is 11.9 Å². The van der Waals surface area contributed by atoms with Crippen molar-refractivity contribution < 1.29 is 4.79 Å². The average Bonchev–Trinajstić information content (AvgIpc) is 2.86. The van der Waals surface area contributed by atoms with Crippen LogP contribution in [-0.4, -0.2) is 15.6 Å². The zero-order chi connectivity index (χ0) is 13.4. The molecule has 0 radical (unpaired) electrons. The molecule has 0 unspecified atom stereocenters. The molecule has 100 valence electrons. The number of hydrogen-bond acceptors (Lipinski definition) is 3. The normalized spacial score (nSPS) is 15.1. The van der Waals surface area contributed by atoms with E-state index in [1.165, 1.54) is 29.7 Å². The summed E-state index contributed by atoms with van der Waals surface area (Å²) >= 11 is 5.06. The molecule has 0 aromatic carbocycles. The maximum atomic E-state index is 12.6. The summed E-state index contributed by atoms with van der Waals surface area (Å²) in [4.78, 5) is 14.8. The van der Waals surface area contributed by atoms with Crippen LogP contribution in [0.3, 0.4) is 0 Å². The molecule has 0 N–H and O–H groups in total. The zero-order valence-corrected chi connectivity index (χ0v) is 13.2. The Kier molecular flexibility index (Phi) is 3.58. The maximum absolute atomic E-state index is 12.6. The van der Waals surface area contributed by atoms with Gasteiger partial charge in [-0.25, -0.2) is 0 Å². The summed E-state index contributed by atoms with van der Waals surface area (Å²) in [5.74, 6) is 0.0740. The van der Waals surface area contributed by atoms with Crippen LogP contribution in [0, 0.1) is 0 Å². The number of aryl methyl sites for hydroxylation is 3. The Morgan fingerprint density at radius 2 is 2.16 bits per heavy atom. The molecule has 0 saturated carbocycles. The second-order valence-corrected chi connectivity index (χ2v) is 6.90. The van der Waals surface area contributed by atoms with E-state index in [1.54, 1.807) is 29.3 Å². The second kappa shape index (κ2) is 5.21. The third-order valence-electron chi connectivity index (χ3n) is 3.58. The predicted octanol–water partition coefficient (Wildman–Crippen LogP) is 3.74. The van der Waals surface area contributed by atoms with Crippen molar-refractivity contribution in [1.29, 1.82) is 0 Å². The van der Waals surface area contributed by atoms with Gasteiger partial charge in [0.1, 0.15) is 5.69 Å². The van der Waals surface area contributed by atoms with Gasteiger partial charge in [0.15, 0.2) is 0 Å². The lowest BCUT2D eigenvalue weighted by atomic mass is 10.1. The fourth-order valence-corrected chi connectivity index (χ4v) is 4.28. The molecule has 3 rings (SSSR count). The summed E-state index contributed by atoms with van der Waals surface area (Å²) in [5.41, 5.74) is 2.01. The molecule has 1 aliphatic carbocycles. The van der Waals surface area contributed by atoms with Crippen molar-refractivity contribution in [3.8, 4) is 0 Å². The van der Waals surface area contributed by atoms with E-state index in [0.29, 0.717) is 5.69 Å². The lowest BCUT2D eigenvalue weighted by Crippen LogP contribution is -2.07. The number of ketones is 1. The Morgan fingerprint density at radius 1 is 1.37 bits per heavy atom. The van der Waals surface area contributed by atoms with Crippen molar-refractivity contribution in [3.63, 3.8) is 0 Å². The molecule has 2 heterocycles. The van der Waals surface area contributed by atoms with E-state index < -0.39 is 0 Å². The molecule has 19 heavy (non-hydrogen) atoms. The summed E-state index contributed by atoms with van der Waals surface area (Å²) < 4.78 is 2.40. The van der Waals surface area contributed by atoms with Crippen LogP contribution in [0.4, 0.5) is 0 Å². The zero-order valence-electron chi connectivity index (χ0n) is 10.8. The van der Waals surface area contributed by atoms with E-state index in [4.69, 9.17) is 0 Å². The molecular formula is C14H15BrN2OS. The molecule has 2 aromatic heterocycles. The van der Waals surface area contributed by atoms with Crippen LogP contribution in [0.1, 0.15) is 45.1 Å². The Labute approximate surface area is 124 Å². The minimum atomic E-state index is 0.0740. The first-order valence-corrected chi connectivity index (χ1v) is 8.11. The van der Waals surface area contributed by atoms with Crippen LogP contribution >= 0.6 is 27.3 Å². The molecule has 0 bridgehead atoms. The van der Waals surface area contributed by atoms with Crippen LogP contribution in [-0.2, 0) is 19.9 Å². The van der Waals surface area contributed by atoms with Crippen LogP contribution in [0.25, 0.3) is 0 Å². The number of carbonyl (C=O) groups is 1. The quantitative estimate of drug-likeness (QED) is 0.617. The summed E-state index contributed by atoms with van der Waals surface area (Å²) in [6.45, 7) is 0. The Balaban J connectivity index is 1.97. The number of aromatic nitrogens is 2. The lowest BCUT2D eigenvalue weighted by Gasteiger charge is -2.00. The molecular weight excluding hydrogens is 324 g/mol. The van der Waals surface area contributed by atoms with Gasteiger partial charge in [-0.1, -0.05) is 6.42 Å². The van der Waals surface area contributed by atoms with Crippen molar-refractivity contribution >= 4 is 33.0 Å². The van der Waals surface area contributed by atoms with Crippen molar-refractivity contribution in [2.24, 2.45) is 7.05 Å². The van der Waals surface area contributed by atoms with Gasteiger partial charge in [0.25, 0.3) is 0 Å². The Hall–Kier alpha value is -0.940. The van der Waals surface area contributed by atoms with Crippen LogP contribution in [0.5, 0.6) is 0 Å². The highest BCUT2D eigenvalue weighted by Crippen LogP contribution is 2.31. The number of halogens is 1. The first kappa shape index (κ1) is 13.1.